The van der Waals surface area contributed by atoms with Crippen LogP contribution in [0.2, 0.25) is 0 Å². The number of carboxylic acids is 1. The van der Waals surface area contributed by atoms with Crippen molar-refractivity contribution in [3.8, 4) is 5.75 Å². The first-order valence-corrected chi connectivity index (χ1v) is 5.85. The summed E-state index contributed by atoms with van der Waals surface area (Å²) in [5.41, 5.74) is -0.396. The third kappa shape index (κ3) is 2.33. The zero-order chi connectivity index (χ0) is 13.1. The molecule has 2 aromatic rings. The Balaban J connectivity index is 2.27. The van der Waals surface area contributed by atoms with Gasteiger partial charge in [-0.05, 0) is 23.6 Å². The summed E-state index contributed by atoms with van der Waals surface area (Å²) in [4.78, 5) is 23.0. The normalized spacial score (nSPS) is 10.0. The number of thiophene rings is 1. The van der Waals surface area contributed by atoms with E-state index < -0.39 is 17.6 Å². The molecule has 1 heterocycles. The van der Waals surface area contributed by atoms with Gasteiger partial charge in [0.1, 0.15) is 0 Å². The fourth-order valence-corrected chi connectivity index (χ4v) is 2.01. The minimum Gasteiger partial charge on any atom is -0.870 e. The summed E-state index contributed by atoms with van der Waals surface area (Å²) < 4.78 is 0. The zero-order valence-corrected chi connectivity index (χ0v) is 9.86. The quantitative estimate of drug-likeness (QED) is 0.882. The lowest BCUT2D eigenvalue weighted by Crippen LogP contribution is -2.14. The van der Waals surface area contributed by atoms with Crippen LogP contribution >= 0.6 is 11.3 Å². The molecule has 1 aromatic carbocycles. The highest BCUT2D eigenvalue weighted by molar-refractivity contribution is 7.12. The summed E-state index contributed by atoms with van der Waals surface area (Å²) >= 11 is 1.24. The number of carbonyl (C=O) groups excluding carboxylic acids is 1. The van der Waals surface area contributed by atoms with Crippen LogP contribution in [0.25, 0.3) is 0 Å². The van der Waals surface area contributed by atoms with Crippen molar-refractivity contribution in [1.82, 2.24) is 0 Å². The van der Waals surface area contributed by atoms with Crippen LogP contribution < -0.4 is 10.4 Å². The van der Waals surface area contributed by atoms with Gasteiger partial charge in [-0.3, -0.25) is 4.79 Å². The minimum absolute atomic E-state index is 0.0340. The highest BCUT2D eigenvalue weighted by Gasteiger charge is 2.10. The number of aromatic carboxylic acids is 1. The van der Waals surface area contributed by atoms with E-state index in [0.29, 0.717) is 4.88 Å². The Kier molecular flexibility index (Phi) is 3.29. The Bertz CT molecular complexity index is 592. The Morgan fingerprint density at radius 2 is 2.00 bits per heavy atom. The lowest BCUT2D eigenvalue weighted by atomic mass is 10.1. The van der Waals surface area contributed by atoms with Crippen LogP contribution in [0, 0.1) is 0 Å². The minimum atomic E-state index is -1.31. The maximum Gasteiger partial charge on any atom is 0.335 e. The Morgan fingerprint density at radius 3 is 2.61 bits per heavy atom. The Labute approximate surface area is 106 Å². The molecule has 5 nitrogen and oxygen atoms in total. The fraction of sp³-hybridized carbons (Fsp3) is 0. The van der Waals surface area contributed by atoms with Crippen molar-refractivity contribution >= 4 is 28.9 Å². The van der Waals surface area contributed by atoms with Crippen molar-refractivity contribution in [2.45, 2.75) is 0 Å². The second kappa shape index (κ2) is 4.89. The molecule has 0 radical (unpaired) electrons. The predicted octanol–water partition coefficient (Wildman–Crippen LogP) is 1.77. The molecular weight excluding hydrogens is 254 g/mol. The zero-order valence-electron chi connectivity index (χ0n) is 9.04. The summed E-state index contributed by atoms with van der Waals surface area (Å²) in [7, 11) is 0. The van der Waals surface area contributed by atoms with Crippen LogP contribution in [-0.4, -0.2) is 17.0 Å². The molecule has 92 valence electrons. The van der Waals surface area contributed by atoms with E-state index in [9.17, 15) is 14.7 Å². The molecule has 0 unspecified atom stereocenters. The highest BCUT2D eigenvalue weighted by Crippen LogP contribution is 2.25. The molecule has 0 bridgehead atoms. The lowest BCUT2D eigenvalue weighted by molar-refractivity contribution is -0.267. The molecule has 18 heavy (non-hydrogen) atoms. The molecule has 0 fully saturated rings. The first-order valence-electron chi connectivity index (χ1n) is 4.98. The smallest absolute Gasteiger partial charge is 0.335 e. The number of anilines is 1. The molecule has 0 aliphatic heterocycles. The van der Waals surface area contributed by atoms with Crippen LogP contribution in [0.15, 0.2) is 35.7 Å². The second-order valence-corrected chi connectivity index (χ2v) is 4.37. The average Bonchev–Trinajstić information content (AvgIpc) is 2.85. The number of nitrogens with one attached hydrogen (secondary N) is 1. The molecule has 0 saturated carbocycles. The van der Waals surface area contributed by atoms with E-state index in [4.69, 9.17) is 5.11 Å². The number of carboxylic acid groups (broad SMARTS) is 1. The van der Waals surface area contributed by atoms with Crippen LogP contribution in [-0.2, 0) is 0 Å². The number of hydrogen-bond acceptors (Lipinski definition) is 4. The SMILES string of the molecule is O=C(Nc1cccc(C(=O)O)c1[O-])c1cccs1. The van der Waals surface area contributed by atoms with E-state index in [0.717, 1.165) is 0 Å². The number of hydrogen-bond donors (Lipinski definition) is 2. The number of para-hydroxylation sites is 1. The fourth-order valence-electron chi connectivity index (χ4n) is 1.40. The van der Waals surface area contributed by atoms with Crippen molar-refractivity contribution < 1.29 is 19.8 Å². The van der Waals surface area contributed by atoms with Gasteiger partial charge in [0.05, 0.1) is 10.4 Å². The van der Waals surface area contributed by atoms with Crippen molar-refractivity contribution in [2.75, 3.05) is 5.32 Å². The molecule has 0 atom stereocenters. The van der Waals surface area contributed by atoms with Crippen LogP contribution in [0.4, 0.5) is 5.69 Å². The maximum absolute atomic E-state index is 11.7. The molecular formula is C12H8NO4S-. The predicted molar refractivity (Wildman–Crippen MR) is 65.1 cm³/mol. The first-order chi connectivity index (χ1) is 8.59. The monoisotopic (exact) mass is 262 g/mol. The topological polar surface area (TPSA) is 89.5 Å². The van der Waals surface area contributed by atoms with Gasteiger partial charge in [-0.1, -0.05) is 17.9 Å². The largest absolute Gasteiger partial charge is 0.870 e. The number of carbonyl (C=O) groups is 2. The Hall–Kier alpha value is -2.34. The maximum atomic E-state index is 11.7. The first kappa shape index (κ1) is 12.1. The van der Waals surface area contributed by atoms with Gasteiger partial charge in [-0.2, -0.15) is 0 Å². The van der Waals surface area contributed by atoms with Crippen LogP contribution in [0.3, 0.4) is 0 Å². The van der Waals surface area contributed by atoms with Crippen molar-refractivity contribution in [2.24, 2.45) is 0 Å². The molecule has 0 aliphatic carbocycles. The van der Waals surface area contributed by atoms with E-state index in [1.807, 2.05) is 0 Å². The van der Waals surface area contributed by atoms with E-state index in [-0.39, 0.29) is 11.3 Å². The van der Waals surface area contributed by atoms with Gasteiger partial charge in [0, 0.05) is 5.69 Å². The molecule has 6 heteroatoms. The number of amides is 1. The van der Waals surface area contributed by atoms with Gasteiger partial charge in [-0.25, -0.2) is 4.79 Å². The summed E-state index contributed by atoms with van der Waals surface area (Å²) in [6.45, 7) is 0. The van der Waals surface area contributed by atoms with Gasteiger partial charge in [0.25, 0.3) is 5.91 Å². The molecule has 0 aliphatic rings. The third-order valence-corrected chi connectivity index (χ3v) is 3.11. The molecule has 2 N–H and O–H groups in total. The molecule has 1 amide bonds. The van der Waals surface area contributed by atoms with Gasteiger partial charge < -0.3 is 15.5 Å². The average molecular weight is 262 g/mol. The Morgan fingerprint density at radius 1 is 1.22 bits per heavy atom. The number of benzene rings is 1. The van der Waals surface area contributed by atoms with Gasteiger partial charge in [0.15, 0.2) is 0 Å². The number of rotatable bonds is 3. The lowest BCUT2D eigenvalue weighted by Gasteiger charge is -2.16. The van der Waals surface area contributed by atoms with E-state index in [1.54, 1.807) is 17.5 Å². The molecule has 2 rings (SSSR count). The summed E-state index contributed by atoms with van der Waals surface area (Å²) in [5.74, 6) is -2.44. The summed E-state index contributed by atoms with van der Waals surface area (Å²) in [5, 5.41) is 24.7. The second-order valence-electron chi connectivity index (χ2n) is 3.42. The van der Waals surface area contributed by atoms with Crippen LogP contribution in [0.1, 0.15) is 20.0 Å². The highest BCUT2D eigenvalue weighted by atomic mass is 32.1. The molecule has 0 spiro atoms. The summed E-state index contributed by atoms with van der Waals surface area (Å²) in [6, 6.07) is 7.32. The molecule has 0 saturated heterocycles. The summed E-state index contributed by atoms with van der Waals surface area (Å²) in [6.07, 6.45) is 0. The van der Waals surface area contributed by atoms with E-state index >= 15 is 0 Å². The standard InChI is InChI=1S/C12H9NO4S/c14-10-7(12(16)17)3-1-4-8(10)13-11(15)9-5-2-6-18-9/h1-6,14H,(H,13,15)(H,16,17)/p-1. The van der Waals surface area contributed by atoms with Gasteiger partial charge >= 0.3 is 5.97 Å². The third-order valence-electron chi connectivity index (χ3n) is 2.24. The van der Waals surface area contributed by atoms with Gasteiger partial charge in [0.2, 0.25) is 0 Å². The van der Waals surface area contributed by atoms with Crippen molar-refractivity contribution in [3.63, 3.8) is 0 Å². The van der Waals surface area contributed by atoms with E-state index in [2.05, 4.69) is 5.32 Å². The van der Waals surface area contributed by atoms with Crippen LogP contribution in [0.5, 0.6) is 5.75 Å². The van der Waals surface area contributed by atoms with Crippen molar-refractivity contribution in [1.29, 1.82) is 0 Å². The van der Waals surface area contributed by atoms with Gasteiger partial charge in [-0.15, -0.1) is 11.3 Å². The van der Waals surface area contributed by atoms with Crippen molar-refractivity contribution in [3.05, 3.63) is 46.2 Å². The molecule has 1 aromatic heterocycles. The van der Waals surface area contributed by atoms with E-state index in [1.165, 1.54) is 29.5 Å².